The van der Waals surface area contributed by atoms with E-state index in [-0.39, 0.29) is 30.0 Å². The number of carbonyl (C=O) groups excluding carboxylic acids is 2. The maximum absolute atomic E-state index is 12.6. The lowest BCUT2D eigenvalue weighted by molar-refractivity contribution is -0.135. The van der Waals surface area contributed by atoms with Crippen LogP contribution >= 0.6 is 0 Å². The van der Waals surface area contributed by atoms with Gasteiger partial charge in [0.2, 0.25) is 0 Å². The van der Waals surface area contributed by atoms with E-state index in [1.54, 1.807) is 42.5 Å². The molecule has 0 heterocycles. The van der Waals surface area contributed by atoms with Crippen LogP contribution in [0, 0.1) is 0 Å². The molecule has 7 heteroatoms. The molecule has 0 aromatic heterocycles. The van der Waals surface area contributed by atoms with Gasteiger partial charge in [0.05, 0.1) is 0 Å². The topological polar surface area (TPSA) is 102 Å². The van der Waals surface area contributed by atoms with E-state index >= 15 is 0 Å². The zero-order valence-electron chi connectivity index (χ0n) is 32.4. The Hall–Kier alpha value is -4.10. The van der Waals surface area contributed by atoms with Gasteiger partial charge in [0.25, 0.3) is 0 Å². The van der Waals surface area contributed by atoms with Crippen LogP contribution in [0.5, 0.6) is 23.0 Å². The molecule has 53 heavy (non-hydrogen) atoms. The fourth-order valence-corrected chi connectivity index (χ4v) is 6.23. The first-order chi connectivity index (χ1) is 25.9. The molecular formula is C46H64O7. The van der Waals surface area contributed by atoms with E-state index in [4.69, 9.17) is 14.2 Å². The van der Waals surface area contributed by atoms with Gasteiger partial charge < -0.3 is 24.4 Å². The molecule has 1 atom stereocenters. The number of phenolic OH excluding ortho intramolecular Hbond substituents is 1. The minimum atomic E-state index is -1.08. The molecule has 1 unspecified atom stereocenters. The average Bonchev–Trinajstić information content (AvgIpc) is 3.16. The lowest BCUT2D eigenvalue weighted by Gasteiger charge is -2.16. The van der Waals surface area contributed by atoms with Crippen LogP contribution in [0.25, 0.3) is 6.08 Å². The highest BCUT2D eigenvalue weighted by atomic mass is 16.5. The lowest BCUT2D eigenvalue weighted by Crippen LogP contribution is -2.08. The van der Waals surface area contributed by atoms with Gasteiger partial charge in [0, 0.05) is 36.1 Å². The highest BCUT2D eigenvalue weighted by molar-refractivity contribution is 5.73. The third-order valence-electron chi connectivity index (χ3n) is 9.43. The molecule has 0 radical (unpaired) electrons. The molecule has 0 aliphatic carbocycles. The van der Waals surface area contributed by atoms with E-state index in [9.17, 15) is 19.8 Å². The second-order valence-corrected chi connectivity index (χ2v) is 14.1. The van der Waals surface area contributed by atoms with Crippen molar-refractivity contribution in [3.63, 3.8) is 0 Å². The van der Waals surface area contributed by atoms with E-state index in [1.165, 1.54) is 83.1 Å². The highest BCUT2D eigenvalue weighted by Gasteiger charge is 2.16. The molecule has 2 N–H and O–H groups in total. The van der Waals surface area contributed by atoms with Crippen molar-refractivity contribution in [3.05, 3.63) is 89.5 Å². The van der Waals surface area contributed by atoms with Crippen molar-refractivity contribution in [2.45, 2.75) is 155 Å². The molecule has 0 aliphatic heterocycles. The zero-order chi connectivity index (χ0) is 37.9. The first-order valence-corrected chi connectivity index (χ1v) is 20.3. The predicted molar refractivity (Wildman–Crippen MR) is 214 cm³/mol. The number of hydrogen-bond donors (Lipinski definition) is 2. The largest absolute Gasteiger partial charge is 0.507 e. The van der Waals surface area contributed by atoms with Crippen molar-refractivity contribution in [1.29, 1.82) is 0 Å². The van der Waals surface area contributed by atoms with Gasteiger partial charge in [-0.15, -0.1) is 0 Å². The summed E-state index contributed by atoms with van der Waals surface area (Å²) in [6, 6.07) is 19.4. The first-order valence-electron chi connectivity index (χ1n) is 20.3. The minimum absolute atomic E-state index is 0.0726. The van der Waals surface area contributed by atoms with Crippen LogP contribution in [-0.4, -0.2) is 22.2 Å². The number of aliphatic hydroxyl groups is 1. The second kappa shape index (κ2) is 26.6. The summed E-state index contributed by atoms with van der Waals surface area (Å²) in [6.07, 6.45) is 23.9. The number of aromatic hydroxyl groups is 1. The quantitative estimate of drug-likeness (QED) is 0.0436. The summed E-state index contributed by atoms with van der Waals surface area (Å²) >= 11 is 0. The number of phenols is 1. The maximum Gasteiger partial charge on any atom is 0.311 e. The summed E-state index contributed by atoms with van der Waals surface area (Å²) in [5, 5.41) is 21.9. The molecular weight excluding hydrogens is 664 g/mol. The molecule has 0 saturated carbocycles. The Morgan fingerprint density at radius 1 is 0.623 bits per heavy atom. The Balaban J connectivity index is 1.53. The minimum Gasteiger partial charge on any atom is -0.507 e. The number of aliphatic hydroxyl groups excluding tert-OH is 1. The van der Waals surface area contributed by atoms with Gasteiger partial charge >= 0.3 is 11.9 Å². The Morgan fingerprint density at radius 3 is 1.64 bits per heavy atom. The van der Waals surface area contributed by atoms with Crippen LogP contribution in [0.1, 0.15) is 165 Å². The fourth-order valence-electron chi connectivity index (χ4n) is 6.23. The van der Waals surface area contributed by atoms with E-state index < -0.39 is 6.10 Å². The standard InChI is InChI=1S/C46H64O7/c1-3-5-7-9-11-13-15-17-22-26-45(49)52-39-30-28-38(43(48)34-39)29-33-42(47)41-32-31-40(35-44(41)51-36-37-24-20-19-21-25-37)53-46(50)27-23-18-16-14-12-10-8-6-4-2/h19-21,24-25,28-35,42,47-48H,3-18,22-23,26-27,36H2,1-2H3. The lowest BCUT2D eigenvalue weighted by atomic mass is 10.1. The number of esters is 2. The number of rotatable bonds is 28. The van der Waals surface area contributed by atoms with Crippen molar-refractivity contribution in [1.82, 2.24) is 0 Å². The Morgan fingerprint density at radius 2 is 1.11 bits per heavy atom. The number of hydrogen-bond acceptors (Lipinski definition) is 7. The number of unbranched alkanes of at least 4 members (excludes halogenated alkanes) is 16. The maximum atomic E-state index is 12.6. The zero-order valence-corrected chi connectivity index (χ0v) is 32.4. The van der Waals surface area contributed by atoms with Crippen LogP contribution in [-0.2, 0) is 16.2 Å². The summed E-state index contributed by atoms with van der Waals surface area (Å²) in [6.45, 7) is 4.71. The normalized spacial score (nSPS) is 11.8. The van der Waals surface area contributed by atoms with Gasteiger partial charge in [-0.25, -0.2) is 0 Å². The van der Waals surface area contributed by atoms with Gasteiger partial charge in [-0.1, -0.05) is 159 Å². The predicted octanol–water partition coefficient (Wildman–Crippen LogP) is 12.4. The summed E-state index contributed by atoms with van der Waals surface area (Å²) in [4.78, 5) is 25.0. The van der Waals surface area contributed by atoms with Crippen LogP contribution in [0.4, 0.5) is 0 Å². The SMILES string of the molecule is CCCCCCCCCCCC(=O)Oc1ccc(C=CC(O)c2ccc(OC(=O)CCCCCCCCCCC)cc2OCc2ccccc2)c(O)c1. The molecule has 290 valence electrons. The number of carbonyl (C=O) groups is 2. The number of benzene rings is 3. The Labute approximate surface area is 318 Å². The summed E-state index contributed by atoms with van der Waals surface area (Å²) < 4.78 is 17.3. The molecule has 3 rings (SSSR count). The van der Waals surface area contributed by atoms with Gasteiger partial charge in [-0.2, -0.15) is 0 Å². The third-order valence-corrected chi connectivity index (χ3v) is 9.43. The molecule has 7 nitrogen and oxygen atoms in total. The van der Waals surface area contributed by atoms with Crippen LogP contribution in [0.15, 0.2) is 72.8 Å². The van der Waals surface area contributed by atoms with Gasteiger partial charge in [-0.3, -0.25) is 9.59 Å². The second-order valence-electron chi connectivity index (χ2n) is 14.1. The van der Waals surface area contributed by atoms with E-state index in [1.807, 2.05) is 30.3 Å². The van der Waals surface area contributed by atoms with E-state index in [0.29, 0.717) is 35.5 Å². The van der Waals surface area contributed by atoms with Crippen molar-refractivity contribution in [2.24, 2.45) is 0 Å². The van der Waals surface area contributed by atoms with Crippen LogP contribution < -0.4 is 14.2 Å². The van der Waals surface area contributed by atoms with Gasteiger partial charge in [-0.05, 0) is 42.7 Å². The Kier molecular flexibility index (Phi) is 21.8. The monoisotopic (exact) mass is 728 g/mol. The van der Waals surface area contributed by atoms with Crippen LogP contribution in [0.2, 0.25) is 0 Å². The fraction of sp³-hybridized carbons (Fsp3) is 0.522. The molecule has 0 spiro atoms. The van der Waals surface area contributed by atoms with Gasteiger partial charge in [0.1, 0.15) is 35.7 Å². The molecule has 0 bridgehead atoms. The van der Waals surface area contributed by atoms with E-state index in [0.717, 1.165) is 44.1 Å². The molecule has 3 aromatic rings. The number of ether oxygens (including phenoxy) is 3. The summed E-state index contributed by atoms with van der Waals surface area (Å²) in [5.41, 5.74) is 1.89. The Bertz CT molecular complexity index is 1480. The summed E-state index contributed by atoms with van der Waals surface area (Å²) in [5.74, 6) is 0.347. The average molecular weight is 729 g/mol. The van der Waals surface area contributed by atoms with Gasteiger partial charge in [0.15, 0.2) is 0 Å². The molecule has 3 aromatic carbocycles. The molecule has 0 saturated heterocycles. The van der Waals surface area contributed by atoms with E-state index in [2.05, 4.69) is 13.8 Å². The van der Waals surface area contributed by atoms with Crippen molar-refractivity contribution >= 4 is 18.0 Å². The van der Waals surface area contributed by atoms with Crippen molar-refractivity contribution in [2.75, 3.05) is 0 Å². The van der Waals surface area contributed by atoms with Crippen LogP contribution in [0.3, 0.4) is 0 Å². The molecule has 0 amide bonds. The first kappa shape index (κ1) is 43.3. The molecule has 0 aliphatic rings. The highest BCUT2D eigenvalue weighted by Crippen LogP contribution is 2.33. The summed E-state index contributed by atoms with van der Waals surface area (Å²) in [7, 11) is 0. The third kappa shape index (κ3) is 18.5. The molecule has 0 fully saturated rings. The smallest absolute Gasteiger partial charge is 0.311 e. The van der Waals surface area contributed by atoms with Crippen molar-refractivity contribution in [3.8, 4) is 23.0 Å². The van der Waals surface area contributed by atoms with Crippen molar-refractivity contribution < 1.29 is 34.0 Å².